The fraction of sp³-hybridized carbons (Fsp3) is 0.179. The summed E-state index contributed by atoms with van der Waals surface area (Å²) in [5.41, 5.74) is 3.78. The van der Waals surface area contributed by atoms with Gasteiger partial charge in [0.1, 0.15) is 16.7 Å². The number of rotatable bonds is 8. The van der Waals surface area contributed by atoms with Crippen molar-refractivity contribution >= 4 is 46.3 Å². The molecular formula is C28H25NO4S2. The maximum atomic E-state index is 13.3. The first-order chi connectivity index (χ1) is 17.0. The van der Waals surface area contributed by atoms with Gasteiger partial charge in [0.05, 0.1) is 11.5 Å². The van der Waals surface area contributed by atoms with E-state index < -0.39 is 12.0 Å². The Morgan fingerprint density at radius 1 is 1.06 bits per heavy atom. The Labute approximate surface area is 214 Å². The third-order valence-electron chi connectivity index (χ3n) is 5.37. The zero-order chi connectivity index (χ0) is 24.8. The lowest BCUT2D eigenvalue weighted by molar-refractivity contribution is -0.151. The highest BCUT2D eigenvalue weighted by molar-refractivity contribution is 8.26. The fourth-order valence-electron chi connectivity index (χ4n) is 3.73. The van der Waals surface area contributed by atoms with Crippen LogP contribution in [0.3, 0.4) is 0 Å². The van der Waals surface area contributed by atoms with Crippen molar-refractivity contribution < 1.29 is 19.1 Å². The molecule has 1 unspecified atom stereocenters. The molecule has 0 aliphatic carbocycles. The fourth-order valence-corrected chi connectivity index (χ4v) is 5.04. The molecule has 178 valence electrons. The maximum Gasteiger partial charge on any atom is 0.333 e. The minimum absolute atomic E-state index is 0.213. The summed E-state index contributed by atoms with van der Waals surface area (Å²) in [4.78, 5) is 27.9. The smallest absolute Gasteiger partial charge is 0.333 e. The second-order valence-corrected chi connectivity index (χ2v) is 9.64. The summed E-state index contributed by atoms with van der Waals surface area (Å²) in [6.07, 6.45) is 1.77. The summed E-state index contributed by atoms with van der Waals surface area (Å²) < 4.78 is 11.5. The monoisotopic (exact) mass is 503 g/mol. The molecule has 3 aromatic carbocycles. The van der Waals surface area contributed by atoms with Crippen LogP contribution in [0.25, 0.3) is 6.08 Å². The molecule has 1 amide bonds. The largest absolute Gasteiger partial charge is 0.489 e. The number of amides is 1. The normalized spacial score (nSPS) is 15.4. The summed E-state index contributed by atoms with van der Waals surface area (Å²) in [7, 11) is 0. The van der Waals surface area contributed by atoms with Crippen molar-refractivity contribution in [2.75, 3.05) is 6.61 Å². The van der Waals surface area contributed by atoms with E-state index in [2.05, 4.69) is 19.1 Å². The molecule has 35 heavy (non-hydrogen) atoms. The van der Waals surface area contributed by atoms with E-state index >= 15 is 0 Å². The predicted octanol–water partition coefficient (Wildman–Crippen LogP) is 6.08. The average molecular weight is 504 g/mol. The minimum atomic E-state index is -0.924. The van der Waals surface area contributed by atoms with Crippen molar-refractivity contribution in [1.82, 2.24) is 4.90 Å². The first kappa shape index (κ1) is 24.7. The van der Waals surface area contributed by atoms with Gasteiger partial charge in [-0.2, -0.15) is 0 Å². The molecule has 1 aliphatic heterocycles. The number of benzene rings is 3. The second-order valence-electron chi connectivity index (χ2n) is 7.96. The van der Waals surface area contributed by atoms with Crippen molar-refractivity contribution in [3.8, 4) is 5.75 Å². The zero-order valence-electron chi connectivity index (χ0n) is 19.5. The number of hydrogen-bond donors (Lipinski definition) is 0. The molecular weight excluding hydrogens is 478 g/mol. The molecule has 1 atom stereocenters. The third-order valence-corrected chi connectivity index (χ3v) is 6.70. The number of carbonyl (C=O) groups excluding carboxylic acids is 2. The van der Waals surface area contributed by atoms with Gasteiger partial charge in [0.15, 0.2) is 6.04 Å². The summed E-state index contributed by atoms with van der Waals surface area (Å²) in [6, 6.07) is 23.8. The Hall–Kier alpha value is -3.42. The van der Waals surface area contributed by atoms with Gasteiger partial charge in [-0.15, -0.1) is 0 Å². The summed E-state index contributed by atoms with van der Waals surface area (Å²) in [5.74, 6) is -0.0873. The van der Waals surface area contributed by atoms with Crippen LogP contribution in [0.2, 0.25) is 0 Å². The summed E-state index contributed by atoms with van der Waals surface area (Å²) >= 11 is 6.68. The van der Waals surface area contributed by atoms with Crippen LogP contribution in [0.5, 0.6) is 5.75 Å². The molecule has 0 spiro atoms. The first-order valence-electron chi connectivity index (χ1n) is 11.2. The van der Waals surface area contributed by atoms with Gasteiger partial charge in [0.25, 0.3) is 5.91 Å². The van der Waals surface area contributed by atoms with Gasteiger partial charge in [-0.3, -0.25) is 9.69 Å². The molecule has 1 saturated heterocycles. The van der Waals surface area contributed by atoms with Crippen LogP contribution in [0.1, 0.15) is 35.2 Å². The van der Waals surface area contributed by atoms with Gasteiger partial charge in [0, 0.05) is 0 Å². The molecule has 0 saturated carbocycles. The molecule has 3 aromatic rings. The van der Waals surface area contributed by atoms with Gasteiger partial charge in [-0.25, -0.2) is 4.79 Å². The van der Waals surface area contributed by atoms with E-state index in [4.69, 9.17) is 21.7 Å². The van der Waals surface area contributed by atoms with Crippen LogP contribution in [-0.4, -0.2) is 27.7 Å². The van der Waals surface area contributed by atoms with E-state index in [0.717, 1.165) is 16.9 Å². The quantitative estimate of drug-likeness (QED) is 0.211. The number of esters is 1. The van der Waals surface area contributed by atoms with E-state index in [0.29, 0.717) is 21.4 Å². The number of carbonyl (C=O) groups is 2. The molecule has 0 N–H and O–H groups in total. The van der Waals surface area contributed by atoms with Crippen molar-refractivity contribution in [2.24, 2.45) is 0 Å². The predicted molar refractivity (Wildman–Crippen MR) is 143 cm³/mol. The first-order valence-corrected chi connectivity index (χ1v) is 12.5. The van der Waals surface area contributed by atoms with Crippen LogP contribution >= 0.6 is 24.0 Å². The molecule has 5 nitrogen and oxygen atoms in total. The van der Waals surface area contributed by atoms with Crippen LogP contribution < -0.4 is 4.74 Å². The van der Waals surface area contributed by atoms with E-state index in [-0.39, 0.29) is 12.5 Å². The molecule has 0 radical (unpaired) electrons. The molecule has 1 heterocycles. The molecule has 1 aliphatic rings. The molecule has 7 heteroatoms. The summed E-state index contributed by atoms with van der Waals surface area (Å²) in [6.45, 7) is 4.48. The van der Waals surface area contributed by atoms with Crippen LogP contribution in [0.15, 0.2) is 83.8 Å². The van der Waals surface area contributed by atoms with Crippen LogP contribution in [0, 0.1) is 6.92 Å². The summed E-state index contributed by atoms with van der Waals surface area (Å²) in [5, 5.41) is 0. The molecule has 0 bridgehead atoms. The van der Waals surface area contributed by atoms with Crippen molar-refractivity contribution in [3.05, 3.63) is 106 Å². The van der Waals surface area contributed by atoms with Crippen molar-refractivity contribution in [1.29, 1.82) is 0 Å². The van der Waals surface area contributed by atoms with Crippen LogP contribution in [0.4, 0.5) is 0 Å². The maximum absolute atomic E-state index is 13.3. The topological polar surface area (TPSA) is 55.8 Å². The third kappa shape index (κ3) is 5.99. The van der Waals surface area contributed by atoms with E-state index in [9.17, 15) is 9.59 Å². The number of hydrogen-bond acceptors (Lipinski definition) is 6. The zero-order valence-corrected chi connectivity index (χ0v) is 21.1. The van der Waals surface area contributed by atoms with Crippen molar-refractivity contribution in [3.63, 3.8) is 0 Å². The van der Waals surface area contributed by atoms with Gasteiger partial charge in [-0.1, -0.05) is 96.3 Å². The lowest BCUT2D eigenvalue weighted by atomic mass is 10.1. The lowest BCUT2D eigenvalue weighted by Crippen LogP contribution is -2.38. The highest BCUT2D eigenvalue weighted by atomic mass is 32.2. The van der Waals surface area contributed by atoms with Crippen LogP contribution in [-0.2, 0) is 20.9 Å². The highest BCUT2D eigenvalue weighted by Gasteiger charge is 2.42. The van der Waals surface area contributed by atoms with Gasteiger partial charge >= 0.3 is 5.97 Å². The number of thioether (sulfide) groups is 1. The second kappa shape index (κ2) is 11.3. The molecule has 1 fully saturated rings. The van der Waals surface area contributed by atoms with Gasteiger partial charge in [0.2, 0.25) is 0 Å². The number of nitrogens with zero attached hydrogens (tertiary/aromatic N) is 1. The standard InChI is InChI=1S/C28H25NO4S2/c1-3-32-27(31)25(22-10-5-4-6-11-22)29-26(30)24(35-28(29)34)17-20-12-14-23(15-13-20)33-18-21-9-7-8-19(2)16-21/h4-17,25H,3,18H2,1-2H3/b24-17+. The average Bonchev–Trinajstić information content (AvgIpc) is 3.12. The SMILES string of the molecule is CCOC(=O)C(c1ccccc1)N1C(=O)/C(=C\c2ccc(OCc3cccc(C)c3)cc2)SC1=S. The molecule has 0 aromatic heterocycles. The Morgan fingerprint density at radius 2 is 1.80 bits per heavy atom. The molecule has 4 rings (SSSR count). The Bertz CT molecular complexity index is 1260. The van der Waals surface area contributed by atoms with E-state index in [1.807, 2.05) is 54.6 Å². The highest BCUT2D eigenvalue weighted by Crippen LogP contribution is 2.38. The minimum Gasteiger partial charge on any atom is -0.489 e. The number of thiocarbonyl (C=S) groups is 1. The van der Waals surface area contributed by atoms with Gasteiger partial charge < -0.3 is 9.47 Å². The Balaban J connectivity index is 1.50. The lowest BCUT2D eigenvalue weighted by Gasteiger charge is -2.25. The Kier molecular flexibility index (Phi) is 8.00. The Morgan fingerprint density at radius 3 is 2.49 bits per heavy atom. The van der Waals surface area contributed by atoms with E-state index in [1.54, 1.807) is 25.1 Å². The van der Waals surface area contributed by atoms with Gasteiger partial charge in [-0.05, 0) is 48.7 Å². The van der Waals surface area contributed by atoms with Crippen molar-refractivity contribution in [2.45, 2.75) is 26.5 Å². The van der Waals surface area contributed by atoms with E-state index in [1.165, 1.54) is 22.2 Å². The number of aryl methyl sites for hydroxylation is 1. The number of ether oxygens (including phenoxy) is 2.